The van der Waals surface area contributed by atoms with Crippen molar-refractivity contribution in [1.29, 1.82) is 0 Å². The summed E-state index contributed by atoms with van der Waals surface area (Å²) in [6, 6.07) is 15.5. The zero-order valence-electron chi connectivity index (χ0n) is 16.1. The van der Waals surface area contributed by atoms with Crippen molar-refractivity contribution in [2.45, 2.75) is 33.2 Å². The lowest BCUT2D eigenvalue weighted by molar-refractivity contribution is -0.116. The van der Waals surface area contributed by atoms with Crippen LogP contribution in [0.3, 0.4) is 0 Å². The van der Waals surface area contributed by atoms with Gasteiger partial charge >= 0.3 is 0 Å². The van der Waals surface area contributed by atoms with Crippen LogP contribution < -0.4 is 10.1 Å². The minimum absolute atomic E-state index is 0.0540. The second kappa shape index (κ2) is 9.32. The van der Waals surface area contributed by atoms with Gasteiger partial charge < -0.3 is 10.1 Å². The number of carbonyl (C=O) groups is 1. The molecular formula is C21H24N4O2S. The summed E-state index contributed by atoms with van der Waals surface area (Å²) in [5, 5.41) is 10.1. The van der Waals surface area contributed by atoms with E-state index in [1.165, 1.54) is 0 Å². The average molecular weight is 397 g/mol. The summed E-state index contributed by atoms with van der Waals surface area (Å²) in [7, 11) is 0. The van der Waals surface area contributed by atoms with E-state index in [0.29, 0.717) is 30.2 Å². The van der Waals surface area contributed by atoms with Crippen LogP contribution in [0.1, 0.15) is 25.8 Å². The number of aromatic nitrogens is 3. The highest BCUT2D eigenvalue weighted by molar-refractivity contribution is 7.71. The number of nitrogens with one attached hydrogen (secondary N) is 2. The van der Waals surface area contributed by atoms with Crippen LogP contribution in [0, 0.1) is 4.77 Å². The number of anilines is 1. The van der Waals surface area contributed by atoms with Crippen LogP contribution in [0.5, 0.6) is 5.75 Å². The van der Waals surface area contributed by atoms with Crippen LogP contribution >= 0.6 is 12.2 Å². The van der Waals surface area contributed by atoms with E-state index in [2.05, 4.69) is 22.4 Å². The highest BCUT2D eigenvalue weighted by Crippen LogP contribution is 2.22. The summed E-state index contributed by atoms with van der Waals surface area (Å²) in [5.74, 6) is 1.46. The lowest BCUT2D eigenvalue weighted by Gasteiger charge is -2.11. The Kier molecular flexibility index (Phi) is 6.60. The Morgan fingerprint density at radius 3 is 2.64 bits per heavy atom. The standard InChI is InChI=1S/C21H24N4O2S/c1-3-15-7-5-6-8-18(15)22-19(26)13-14-25-20(23-24-21(25)28)16-9-11-17(12-10-16)27-4-2/h5-12H,3-4,13-14H2,1-2H3,(H,22,26)(H,24,28). The number of hydrogen-bond acceptors (Lipinski definition) is 4. The zero-order chi connectivity index (χ0) is 19.9. The van der Waals surface area contributed by atoms with Gasteiger partial charge in [-0.2, -0.15) is 5.10 Å². The van der Waals surface area contributed by atoms with Crippen LogP contribution in [0.4, 0.5) is 5.69 Å². The molecule has 2 N–H and O–H groups in total. The topological polar surface area (TPSA) is 71.9 Å². The first-order valence-electron chi connectivity index (χ1n) is 9.38. The van der Waals surface area contributed by atoms with Crippen LogP contribution in [-0.2, 0) is 17.8 Å². The van der Waals surface area contributed by atoms with Gasteiger partial charge in [0.1, 0.15) is 5.75 Å². The number of H-pyrrole nitrogens is 1. The number of aryl methyl sites for hydroxylation is 1. The summed E-state index contributed by atoms with van der Waals surface area (Å²) >= 11 is 5.35. The Morgan fingerprint density at radius 2 is 1.93 bits per heavy atom. The molecule has 7 heteroatoms. The molecular weight excluding hydrogens is 372 g/mol. The minimum atomic E-state index is -0.0540. The fraction of sp³-hybridized carbons (Fsp3) is 0.286. The van der Waals surface area contributed by atoms with Gasteiger partial charge in [-0.1, -0.05) is 25.1 Å². The molecule has 0 aliphatic heterocycles. The Bertz CT molecular complexity index is 992. The van der Waals surface area contributed by atoms with Gasteiger partial charge in [0.2, 0.25) is 5.91 Å². The van der Waals surface area contributed by atoms with Gasteiger partial charge in [-0.05, 0) is 61.5 Å². The number of aromatic amines is 1. The second-order valence-corrected chi connectivity index (χ2v) is 6.66. The molecule has 0 fully saturated rings. The maximum absolute atomic E-state index is 12.4. The number of benzene rings is 2. The van der Waals surface area contributed by atoms with Crippen molar-refractivity contribution in [3.05, 3.63) is 58.9 Å². The number of nitrogens with zero attached hydrogens (tertiary/aromatic N) is 2. The molecule has 2 aromatic carbocycles. The third kappa shape index (κ3) is 4.67. The Labute approximate surface area is 169 Å². The molecule has 0 spiro atoms. The smallest absolute Gasteiger partial charge is 0.226 e. The van der Waals surface area contributed by atoms with Gasteiger partial charge in [0.05, 0.1) is 6.61 Å². The van der Waals surface area contributed by atoms with Crippen LogP contribution in [0.25, 0.3) is 11.4 Å². The van der Waals surface area contributed by atoms with Gasteiger partial charge in [0.25, 0.3) is 0 Å². The quantitative estimate of drug-likeness (QED) is 0.546. The maximum Gasteiger partial charge on any atom is 0.226 e. The molecule has 0 bridgehead atoms. The molecule has 146 valence electrons. The van der Waals surface area contributed by atoms with Gasteiger partial charge in [-0.25, -0.2) is 0 Å². The summed E-state index contributed by atoms with van der Waals surface area (Å²) in [5.41, 5.74) is 2.89. The van der Waals surface area contributed by atoms with Gasteiger partial charge in [0, 0.05) is 24.2 Å². The molecule has 1 aromatic heterocycles. The van der Waals surface area contributed by atoms with E-state index >= 15 is 0 Å². The lowest BCUT2D eigenvalue weighted by Crippen LogP contribution is -2.16. The average Bonchev–Trinajstić information content (AvgIpc) is 3.08. The van der Waals surface area contributed by atoms with E-state index in [1.807, 2.05) is 60.0 Å². The number of para-hydroxylation sites is 1. The van der Waals surface area contributed by atoms with E-state index < -0.39 is 0 Å². The molecule has 3 rings (SSSR count). The third-order valence-electron chi connectivity index (χ3n) is 4.42. The van der Waals surface area contributed by atoms with Gasteiger partial charge in [-0.15, -0.1) is 0 Å². The fourth-order valence-electron chi connectivity index (χ4n) is 2.99. The largest absolute Gasteiger partial charge is 0.494 e. The van der Waals surface area contributed by atoms with E-state index in [4.69, 9.17) is 17.0 Å². The van der Waals surface area contributed by atoms with Crippen LogP contribution in [0.2, 0.25) is 0 Å². The predicted octanol–water partition coefficient (Wildman–Crippen LogP) is 4.60. The number of ether oxygens (including phenoxy) is 1. The Morgan fingerprint density at radius 1 is 1.18 bits per heavy atom. The van der Waals surface area contributed by atoms with Crippen molar-refractivity contribution < 1.29 is 9.53 Å². The minimum Gasteiger partial charge on any atom is -0.494 e. The van der Waals surface area contributed by atoms with Crippen molar-refractivity contribution in [2.24, 2.45) is 0 Å². The summed E-state index contributed by atoms with van der Waals surface area (Å²) in [6.07, 6.45) is 1.17. The summed E-state index contributed by atoms with van der Waals surface area (Å²) < 4.78 is 7.81. The maximum atomic E-state index is 12.4. The molecule has 6 nitrogen and oxygen atoms in total. The van der Waals surface area contributed by atoms with E-state index in [-0.39, 0.29) is 5.91 Å². The van der Waals surface area contributed by atoms with E-state index in [0.717, 1.165) is 29.0 Å². The zero-order valence-corrected chi connectivity index (χ0v) is 16.9. The highest BCUT2D eigenvalue weighted by Gasteiger charge is 2.12. The molecule has 0 atom stereocenters. The molecule has 0 aliphatic carbocycles. The second-order valence-electron chi connectivity index (χ2n) is 6.27. The normalized spacial score (nSPS) is 10.6. The van der Waals surface area contributed by atoms with Crippen molar-refractivity contribution in [3.63, 3.8) is 0 Å². The first-order chi connectivity index (χ1) is 13.6. The molecule has 28 heavy (non-hydrogen) atoms. The first kappa shape index (κ1) is 19.8. The van der Waals surface area contributed by atoms with Gasteiger partial charge in [-0.3, -0.25) is 14.5 Å². The van der Waals surface area contributed by atoms with Gasteiger partial charge in [0.15, 0.2) is 10.6 Å². The molecule has 0 saturated carbocycles. The van der Waals surface area contributed by atoms with E-state index in [1.54, 1.807) is 0 Å². The lowest BCUT2D eigenvalue weighted by atomic mass is 10.1. The van der Waals surface area contributed by atoms with Crippen LogP contribution in [0.15, 0.2) is 48.5 Å². The third-order valence-corrected chi connectivity index (χ3v) is 4.73. The molecule has 3 aromatic rings. The first-order valence-corrected chi connectivity index (χ1v) is 9.79. The van der Waals surface area contributed by atoms with E-state index in [9.17, 15) is 4.79 Å². The molecule has 0 saturated heterocycles. The number of rotatable bonds is 8. The number of carbonyl (C=O) groups excluding carboxylic acids is 1. The Balaban J connectivity index is 1.70. The highest BCUT2D eigenvalue weighted by atomic mass is 32.1. The predicted molar refractivity (Wildman–Crippen MR) is 113 cm³/mol. The number of amides is 1. The SMILES string of the molecule is CCOc1ccc(-c2n[nH]c(=S)n2CCC(=O)Nc2ccccc2CC)cc1. The molecule has 0 aliphatic rings. The molecule has 1 heterocycles. The molecule has 0 unspecified atom stereocenters. The van der Waals surface area contributed by atoms with Crippen molar-refractivity contribution in [2.75, 3.05) is 11.9 Å². The Hall–Kier alpha value is -2.93. The fourth-order valence-corrected chi connectivity index (χ4v) is 3.21. The monoisotopic (exact) mass is 396 g/mol. The number of hydrogen-bond donors (Lipinski definition) is 2. The molecule has 0 radical (unpaired) electrons. The van der Waals surface area contributed by atoms with Crippen molar-refractivity contribution >= 4 is 23.8 Å². The van der Waals surface area contributed by atoms with Crippen LogP contribution in [-0.4, -0.2) is 27.3 Å². The summed E-state index contributed by atoms with van der Waals surface area (Å²) in [6.45, 7) is 5.08. The van der Waals surface area contributed by atoms with Crippen molar-refractivity contribution in [3.8, 4) is 17.1 Å². The van der Waals surface area contributed by atoms with Crippen molar-refractivity contribution in [1.82, 2.24) is 14.8 Å². The summed E-state index contributed by atoms with van der Waals surface area (Å²) in [4.78, 5) is 12.4. The molecule has 1 amide bonds.